The molecule has 1 nitrogen and oxygen atoms in total. The van der Waals surface area contributed by atoms with Gasteiger partial charge in [0.1, 0.15) is 7.85 Å². The Hall–Kier alpha value is -0.0151. The van der Waals surface area contributed by atoms with Gasteiger partial charge in [0, 0.05) is 4.48 Å². The third-order valence-corrected chi connectivity index (χ3v) is 3.61. The van der Waals surface area contributed by atoms with Crippen molar-refractivity contribution in [3.05, 3.63) is 21.6 Å². The van der Waals surface area contributed by atoms with Crippen molar-refractivity contribution in [2.45, 2.75) is 46.1 Å². The summed E-state index contributed by atoms with van der Waals surface area (Å²) in [6.07, 6.45) is 4.29. The minimum atomic E-state index is -0.356. The highest BCUT2D eigenvalue weighted by molar-refractivity contribution is 9.12. The molecule has 0 spiro atoms. The van der Waals surface area contributed by atoms with Crippen molar-refractivity contribution >= 4 is 23.8 Å². The fraction of sp³-hybridized carbons (Fsp3) is 0.667. The normalized spacial score (nSPS) is 20.2. The Morgan fingerprint density at radius 1 is 1.53 bits per heavy atom. The third kappa shape index (κ3) is 3.49. The summed E-state index contributed by atoms with van der Waals surface area (Å²) >= 11 is 3.50. The van der Waals surface area contributed by atoms with Crippen molar-refractivity contribution < 1.29 is 5.11 Å². The van der Waals surface area contributed by atoms with Crippen LogP contribution in [0.15, 0.2) is 21.6 Å². The number of hydrogen-bond acceptors (Lipinski definition) is 1. The van der Waals surface area contributed by atoms with Gasteiger partial charge in [-0.15, -0.1) is 5.47 Å². The molecule has 0 saturated heterocycles. The molecule has 0 aliphatic heterocycles. The number of rotatable bonds is 2. The zero-order valence-electron chi connectivity index (χ0n) is 9.68. The van der Waals surface area contributed by atoms with Gasteiger partial charge in [-0.1, -0.05) is 42.8 Å². The minimum Gasteiger partial charge on any atom is -0.392 e. The number of allylic oxidation sites excluding steroid dienone is 3. The first-order valence-electron chi connectivity index (χ1n) is 5.34. The van der Waals surface area contributed by atoms with Crippen LogP contribution in [-0.2, 0) is 0 Å². The summed E-state index contributed by atoms with van der Waals surface area (Å²) in [5, 5.41) is 10.0. The standard InChI is InChI=1S/C12H18BBrO/c1-12(2,3)11(15)7-8-9(13)5-4-6-10(8)14/h6,11,15H,4-5,7H2,1-3H3. The van der Waals surface area contributed by atoms with E-state index in [1.165, 1.54) is 0 Å². The molecule has 1 N–H and O–H groups in total. The monoisotopic (exact) mass is 268 g/mol. The van der Waals surface area contributed by atoms with Crippen LogP contribution in [0.3, 0.4) is 0 Å². The van der Waals surface area contributed by atoms with E-state index in [9.17, 15) is 5.11 Å². The summed E-state index contributed by atoms with van der Waals surface area (Å²) in [5.74, 6) is 0. The highest BCUT2D eigenvalue weighted by Gasteiger charge is 2.24. The summed E-state index contributed by atoms with van der Waals surface area (Å²) in [6.45, 7) is 6.11. The van der Waals surface area contributed by atoms with E-state index in [-0.39, 0.29) is 11.5 Å². The van der Waals surface area contributed by atoms with Crippen molar-refractivity contribution in [1.29, 1.82) is 0 Å². The topological polar surface area (TPSA) is 20.2 Å². The van der Waals surface area contributed by atoms with Crippen LogP contribution in [0.1, 0.15) is 40.0 Å². The Kier molecular flexibility index (Phi) is 4.24. The molecule has 3 heteroatoms. The van der Waals surface area contributed by atoms with Gasteiger partial charge in [0.05, 0.1) is 6.10 Å². The predicted molar refractivity (Wildman–Crippen MR) is 69.1 cm³/mol. The predicted octanol–water partition coefficient (Wildman–Crippen LogP) is 3.28. The summed E-state index contributed by atoms with van der Waals surface area (Å²) in [4.78, 5) is 0. The van der Waals surface area contributed by atoms with Crippen molar-refractivity contribution in [2.24, 2.45) is 5.41 Å². The second-order valence-corrected chi connectivity index (χ2v) is 6.03. The zero-order valence-corrected chi connectivity index (χ0v) is 11.3. The number of halogens is 1. The third-order valence-electron chi connectivity index (χ3n) is 2.81. The molecule has 0 heterocycles. The molecule has 1 aliphatic carbocycles. The number of hydrogen-bond donors (Lipinski definition) is 1. The van der Waals surface area contributed by atoms with E-state index in [2.05, 4.69) is 22.0 Å². The molecule has 0 aromatic rings. The van der Waals surface area contributed by atoms with E-state index in [0.29, 0.717) is 6.42 Å². The second kappa shape index (κ2) is 4.88. The van der Waals surface area contributed by atoms with Gasteiger partial charge in [-0.3, -0.25) is 0 Å². The number of aliphatic hydroxyl groups excluding tert-OH is 1. The van der Waals surface area contributed by atoms with Crippen molar-refractivity contribution in [2.75, 3.05) is 0 Å². The summed E-state index contributed by atoms with van der Waals surface area (Å²) in [7, 11) is 5.96. The molecule has 0 amide bonds. The van der Waals surface area contributed by atoms with Crippen molar-refractivity contribution in [3.63, 3.8) is 0 Å². The molecule has 0 bridgehead atoms. The Balaban J connectivity index is 2.77. The van der Waals surface area contributed by atoms with Gasteiger partial charge in [-0.2, -0.15) is 0 Å². The molecular formula is C12H18BBrO. The lowest BCUT2D eigenvalue weighted by atomic mass is 9.78. The first kappa shape index (κ1) is 13.1. The van der Waals surface area contributed by atoms with E-state index < -0.39 is 0 Å². The van der Waals surface area contributed by atoms with Gasteiger partial charge in [0.25, 0.3) is 0 Å². The van der Waals surface area contributed by atoms with E-state index in [1.54, 1.807) is 0 Å². The summed E-state index contributed by atoms with van der Waals surface area (Å²) < 4.78 is 1.05. The van der Waals surface area contributed by atoms with Crippen molar-refractivity contribution in [1.82, 2.24) is 0 Å². The van der Waals surface area contributed by atoms with Crippen LogP contribution in [0.25, 0.3) is 0 Å². The van der Waals surface area contributed by atoms with Gasteiger partial charge < -0.3 is 5.11 Å². The molecule has 0 aromatic carbocycles. The fourth-order valence-corrected chi connectivity index (χ4v) is 2.16. The van der Waals surface area contributed by atoms with Gasteiger partial charge >= 0.3 is 0 Å². The van der Waals surface area contributed by atoms with Crippen LogP contribution < -0.4 is 0 Å². The molecule has 0 fully saturated rings. The molecule has 1 aliphatic rings. The first-order valence-corrected chi connectivity index (χ1v) is 6.13. The van der Waals surface area contributed by atoms with Crippen LogP contribution in [0.4, 0.5) is 0 Å². The average molecular weight is 269 g/mol. The van der Waals surface area contributed by atoms with Crippen LogP contribution >= 0.6 is 15.9 Å². The van der Waals surface area contributed by atoms with Gasteiger partial charge in [-0.05, 0) is 30.3 Å². The van der Waals surface area contributed by atoms with Crippen LogP contribution in [-0.4, -0.2) is 19.1 Å². The Morgan fingerprint density at radius 2 is 2.13 bits per heavy atom. The van der Waals surface area contributed by atoms with E-state index in [1.807, 2.05) is 20.8 Å². The highest BCUT2D eigenvalue weighted by atomic mass is 79.9. The molecular weight excluding hydrogens is 251 g/mol. The molecule has 1 unspecified atom stereocenters. The number of aliphatic hydroxyl groups is 1. The molecule has 2 radical (unpaired) electrons. The molecule has 0 saturated carbocycles. The van der Waals surface area contributed by atoms with Gasteiger partial charge in [0.15, 0.2) is 0 Å². The Labute approximate surface area is 102 Å². The first-order chi connectivity index (χ1) is 6.82. The second-order valence-electron chi connectivity index (χ2n) is 5.18. The summed E-state index contributed by atoms with van der Waals surface area (Å²) in [5.41, 5.74) is 1.88. The van der Waals surface area contributed by atoms with E-state index in [0.717, 1.165) is 28.4 Å². The molecule has 0 aromatic heterocycles. The van der Waals surface area contributed by atoms with Gasteiger partial charge in [0.2, 0.25) is 0 Å². The molecule has 1 atom stereocenters. The molecule has 15 heavy (non-hydrogen) atoms. The lowest BCUT2D eigenvalue weighted by molar-refractivity contribution is 0.0640. The Bertz CT molecular complexity index is 299. The maximum atomic E-state index is 10.0. The molecule has 82 valence electrons. The summed E-state index contributed by atoms with van der Waals surface area (Å²) in [6, 6.07) is 0. The van der Waals surface area contributed by atoms with Crippen LogP contribution in [0, 0.1) is 5.41 Å². The fourth-order valence-electron chi connectivity index (χ4n) is 1.51. The van der Waals surface area contributed by atoms with E-state index in [4.69, 9.17) is 7.85 Å². The lowest BCUT2D eigenvalue weighted by Crippen LogP contribution is -2.27. The lowest BCUT2D eigenvalue weighted by Gasteiger charge is -2.28. The maximum Gasteiger partial charge on any atom is 0.108 e. The zero-order chi connectivity index (χ0) is 11.6. The Morgan fingerprint density at radius 3 is 2.60 bits per heavy atom. The SMILES string of the molecule is [B]C1=C(CC(O)C(C)(C)C)C(Br)=CCC1. The van der Waals surface area contributed by atoms with Crippen LogP contribution in [0.5, 0.6) is 0 Å². The van der Waals surface area contributed by atoms with Crippen molar-refractivity contribution in [3.8, 4) is 0 Å². The maximum absolute atomic E-state index is 10.0. The average Bonchev–Trinajstić information content (AvgIpc) is 2.09. The van der Waals surface area contributed by atoms with Gasteiger partial charge in [-0.25, -0.2) is 0 Å². The quantitative estimate of drug-likeness (QED) is 0.763. The smallest absolute Gasteiger partial charge is 0.108 e. The van der Waals surface area contributed by atoms with Crippen LogP contribution in [0.2, 0.25) is 0 Å². The minimum absolute atomic E-state index is 0.0992. The highest BCUT2D eigenvalue weighted by Crippen LogP contribution is 2.34. The largest absolute Gasteiger partial charge is 0.392 e. The van der Waals surface area contributed by atoms with E-state index >= 15 is 0 Å². The molecule has 1 rings (SSSR count).